The van der Waals surface area contributed by atoms with Gasteiger partial charge in [0.15, 0.2) is 0 Å². The van der Waals surface area contributed by atoms with E-state index in [1.54, 1.807) is 0 Å². The van der Waals surface area contributed by atoms with Crippen molar-refractivity contribution < 1.29 is 33.8 Å². The van der Waals surface area contributed by atoms with Crippen LogP contribution in [0.5, 0.6) is 0 Å². The third kappa shape index (κ3) is 13.9. The van der Waals surface area contributed by atoms with E-state index in [1.165, 1.54) is 45.4 Å². The molecule has 0 aromatic heterocycles. The molecular formula is C16H28O3Zn. The Bertz CT molecular complexity index is 287. The summed E-state index contributed by atoms with van der Waals surface area (Å²) in [7, 11) is 0. The summed E-state index contributed by atoms with van der Waals surface area (Å²) in [5, 5.41) is 0. The second-order valence-corrected chi connectivity index (χ2v) is 5.12. The van der Waals surface area contributed by atoms with Gasteiger partial charge >= 0.3 is 11.9 Å². The van der Waals surface area contributed by atoms with Crippen LogP contribution in [0.25, 0.3) is 0 Å². The molecule has 0 rings (SSSR count). The summed E-state index contributed by atoms with van der Waals surface area (Å²) < 4.78 is 4.61. The molecule has 0 aromatic rings. The number of rotatable bonds is 11. The van der Waals surface area contributed by atoms with Crippen molar-refractivity contribution in [2.75, 3.05) is 0 Å². The van der Waals surface area contributed by atoms with Crippen molar-refractivity contribution in [3.05, 3.63) is 12.2 Å². The fraction of sp³-hybridized carbons (Fsp3) is 0.750. The molecule has 0 fully saturated rings. The fourth-order valence-electron chi connectivity index (χ4n) is 1.82. The van der Waals surface area contributed by atoms with Gasteiger partial charge in [-0.25, -0.2) is 4.79 Å². The number of hydrogen-bond acceptors (Lipinski definition) is 3. The van der Waals surface area contributed by atoms with Gasteiger partial charge in [-0.1, -0.05) is 64.9 Å². The number of unbranched alkanes of at least 4 members (excludes halogenated alkanes) is 8. The van der Waals surface area contributed by atoms with Crippen LogP contribution in [-0.2, 0) is 33.8 Å². The summed E-state index contributed by atoms with van der Waals surface area (Å²) in [6.07, 6.45) is 11.1. The van der Waals surface area contributed by atoms with Gasteiger partial charge in [0.1, 0.15) is 0 Å². The zero-order valence-corrected chi connectivity index (χ0v) is 16.2. The Hall–Kier alpha value is -0.497. The minimum Gasteiger partial charge on any atom is -0.390 e. The molecule has 0 heterocycles. The number of ether oxygens (including phenoxy) is 1. The van der Waals surface area contributed by atoms with Crippen LogP contribution >= 0.6 is 0 Å². The van der Waals surface area contributed by atoms with E-state index in [-0.39, 0.29) is 25.1 Å². The molecule has 0 aromatic carbocycles. The minimum atomic E-state index is -0.610. The van der Waals surface area contributed by atoms with Crippen LogP contribution in [0.15, 0.2) is 12.2 Å². The molecule has 0 aliphatic heterocycles. The fourth-order valence-corrected chi connectivity index (χ4v) is 1.82. The maximum Gasteiger partial charge on any atom is 0.340 e. The van der Waals surface area contributed by atoms with E-state index >= 15 is 0 Å². The maximum atomic E-state index is 11.3. The molecule has 0 aliphatic rings. The molecule has 20 heavy (non-hydrogen) atoms. The monoisotopic (exact) mass is 332 g/mol. The van der Waals surface area contributed by atoms with Crippen molar-refractivity contribution in [1.29, 1.82) is 0 Å². The zero-order valence-electron chi connectivity index (χ0n) is 13.2. The van der Waals surface area contributed by atoms with Crippen LogP contribution in [0.4, 0.5) is 0 Å². The van der Waals surface area contributed by atoms with Gasteiger partial charge < -0.3 is 4.74 Å². The molecule has 0 N–H and O–H groups in total. The smallest absolute Gasteiger partial charge is 0.340 e. The van der Waals surface area contributed by atoms with E-state index in [2.05, 4.69) is 18.2 Å². The number of carbonyl (C=O) groups is 2. The summed E-state index contributed by atoms with van der Waals surface area (Å²) >= 11 is 0. The molecule has 0 saturated carbocycles. The van der Waals surface area contributed by atoms with Gasteiger partial charge in [0, 0.05) is 31.5 Å². The Morgan fingerprint density at radius 3 is 1.80 bits per heavy atom. The van der Waals surface area contributed by atoms with Crippen LogP contribution in [0.1, 0.15) is 78.1 Å². The molecule has 0 bridgehead atoms. The predicted octanol–water partition coefficient (Wildman–Crippen LogP) is 4.55. The third-order valence-electron chi connectivity index (χ3n) is 3.04. The first kappa shape index (κ1) is 21.8. The van der Waals surface area contributed by atoms with Gasteiger partial charge in [0.25, 0.3) is 0 Å². The summed E-state index contributed by atoms with van der Waals surface area (Å²) in [6, 6.07) is 0. The summed E-state index contributed by atoms with van der Waals surface area (Å²) in [4.78, 5) is 22.4. The minimum absolute atomic E-state index is 0. The Morgan fingerprint density at radius 2 is 1.35 bits per heavy atom. The second kappa shape index (κ2) is 14.9. The summed E-state index contributed by atoms with van der Waals surface area (Å²) in [6.45, 7) is 7.19. The quantitative estimate of drug-likeness (QED) is 0.183. The van der Waals surface area contributed by atoms with E-state index in [9.17, 15) is 9.59 Å². The normalized spacial score (nSPS) is 9.70. The SMILES string of the molecule is C=C(C)C(=O)OC(=O)CCCCCCCCCCC.[Zn]. The number of esters is 2. The molecule has 3 nitrogen and oxygen atoms in total. The van der Waals surface area contributed by atoms with E-state index in [0.29, 0.717) is 6.42 Å². The average Bonchev–Trinajstić information content (AvgIpc) is 2.36. The first-order valence-corrected chi connectivity index (χ1v) is 7.48. The molecule has 0 saturated heterocycles. The van der Waals surface area contributed by atoms with Crippen LogP contribution < -0.4 is 0 Å². The standard InChI is InChI=1S/C16H28O3.Zn/c1-4-5-6-7-8-9-10-11-12-13-15(17)19-16(18)14(2)3;/h2,4-13H2,1,3H3;. The molecule has 0 amide bonds. The average molecular weight is 334 g/mol. The Morgan fingerprint density at radius 1 is 0.900 bits per heavy atom. The number of hydrogen-bond donors (Lipinski definition) is 0. The van der Waals surface area contributed by atoms with Crippen molar-refractivity contribution in [2.45, 2.75) is 78.1 Å². The summed E-state index contributed by atoms with van der Waals surface area (Å²) in [5.41, 5.74) is 0.264. The topological polar surface area (TPSA) is 43.4 Å². The van der Waals surface area contributed by atoms with Crippen LogP contribution in [0.2, 0.25) is 0 Å². The van der Waals surface area contributed by atoms with E-state index < -0.39 is 11.9 Å². The first-order valence-electron chi connectivity index (χ1n) is 7.48. The largest absolute Gasteiger partial charge is 0.390 e. The van der Waals surface area contributed by atoms with E-state index in [1.807, 2.05) is 0 Å². The van der Waals surface area contributed by atoms with Gasteiger partial charge in [-0.2, -0.15) is 0 Å². The molecule has 0 atom stereocenters. The van der Waals surface area contributed by atoms with E-state index in [4.69, 9.17) is 0 Å². The van der Waals surface area contributed by atoms with Crippen molar-refractivity contribution in [3.63, 3.8) is 0 Å². The Balaban J connectivity index is 0. The Kier molecular flexibility index (Phi) is 16.2. The van der Waals surface area contributed by atoms with Gasteiger partial charge in [0.05, 0.1) is 0 Å². The Labute approximate surface area is 136 Å². The van der Waals surface area contributed by atoms with Crippen LogP contribution in [0, 0.1) is 0 Å². The molecule has 4 heteroatoms. The van der Waals surface area contributed by atoms with Crippen molar-refractivity contribution in [1.82, 2.24) is 0 Å². The van der Waals surface area contributed by atoms with Crippen molar-refractivity contribution >= 4 is 11.9 Å². The molecule has 0 unspecified atom stereocenters. The van der Waals surface area contributed by atoms with Crippen LogP contribution in [0.3, 0.4) is 0 Å². The molecule has 0 radical (unpaired) electrons. The molecule has 112 valence electrons. The zero-order chi connectivity index (χ0) is 14.5. The molecule has 0 aliphatic carbocycles. The summed E-state index contributed by atoms with van der Waals surface area (Å²) in [5.74, 6) is -1.04. The predicted molar refractivity (Wildman–Crippen MR) is 77.8 cm³/mol. The van der Waals surface area contributed by atoms with Gasteiger partial charge in [-0.3, -0.25) is 4.79 Å². The maximum absolute atomic E-state index is 11.3. The van der Waals surface area contributed by atoms with Crippen molar-refractivity contribution in [3.8, 4) is 0 Å². The van der Waals surface area contributed by atoms with Gasteiger partial charge in [-0.15, -0.1) is 0 Å². The second-order valence-electron chi connectivity index (χ2n) is 5.12. The molecular weight excluding hydrogens is 306 g/mol. The third-order valence-corrected chi connectivity index (χ3v) is 3.04. The van der Waals surface area contributed by atoms with Crippen molar-refractivity contribution in [2.24, 2.45) is 0 Å². The van der Waals surface area contributed by atoms with Gasteiger partial charge in [-0.05, 0) is 13.3 Å². The molecule has 0 spiro atoms. The van der Waals surface area contributed by atoms with Gasteiger partial charge in [0.2, 0.25) is 0 Å². The first-order chi connectivity index (χ1) is 9.07. The van der Waals surface area contributed by atoms with Crippen LogP contribution in [-0.4, -0.2) is 11.9 Å². The number of carbonyl (C=O) groups excluding carboxylic acids is 2. The van der Waals surface area contributed by atoms with E-state index in [0.717, 1.165) is 19.3 Å².